The van der Waals surface area contributed by atoms with Gasteiger partial charge in [0.2, 0.25) is 0 Å². The molecule has 2 amide bonds. The predicted octanol–water partition coefficient (Wildman–Crippen LogP) is 3.25. The van der Waals surface area contributed by atoms with Gasteiger partial charge < -0.3 is 15.7 Å². The Morgan fingerprint density at radius 1 is 1.38 bits per heavy atom. The lowest BCUT2D eigenvalue weighted by atomic mass is 10.0. The summed E-state index contributed by atoms with van der Waals surface area (Å²) in [7, 11) is 0. The molecule has 0 saturated carbocycles. The molecule has 0 bridgehead atoms. The third-order valence-electron chi connectivity index (χ3n) is 3.39. The van der Waals surface area contributed by atoms with Gasteiger partial charge in [0.25, 0.3) is 0 Å². The summed E-state index contributed by atoms with van der Waals surface area (Å²) in [5, 5.41) is 16.5. The van der Waals surface area contributed by atoms with E-state index >= 15 is 0 Å². The number of carboxylic acid groups (broad SMARTS) is 1. The van der Waals surface area contributed by atoms with Crippen molar-refractivity contribution in [2.75, 3.05) is 6.54 Å². The molecule has 2 unspecified atom stereocenters. The first-order valence-corrected chi connectivity index (χ1v) is 8.11. The summed E-state index contributed by atoms with van der Waals surface area (Å²) in [4.78, 5) is 23.8. The Morgan fingerprint density at radius 3 is 2.57 bits per heavy atom. The summed E-state index contributed by atoms with van der Waals surface area (Å²) in [6.07, 6.45) is 0.806. The van der Waals surface area contributed by atoms with Crippen LogP contribution in [0.15, 0.2) is 17.5 Å². The van der Waals surface area contributed by atoms with Crippen LogP contribution in [-0.2, 0) is 4.79 Å². The van der Waals surface area contributed by atoms with Gasteiger partial charge in [0.1, 0.15) is 0 Å². The standard InChI is InChI=1S/C15H24N2O3S/c1-4-11(8-13(18)19)9-16-15(20)17-14(10(2)3)12-6-5-7-21-12/h5-7,10-11,14H,4,8-9H2,1-3H3,(H,18,19)(H2,16,17,20). The first kappa shape index (κ1) is 17.5. The number of carbonyl (C=O) groups excluding carboxylic acids is 1. The molecule has 6 heteroatoms. The van der Waals surface area contributed by atoms with E-state index < -0.39 is 5.97 Å². The van der Waals surface area contributed by atoms with Crippen molar-refractivity contribution < 1.29 is 14.7 Å². The molecule has 118 valence electrons. The van der Waals surface area contributed by atoms with Crippen LogP contribution in [0.5, 0.6) is 0 Å². The van der Waals surface area contributed by atoms with Gasteiger partial charge in [0.05, 0.1) is 6.04 Å². The van der Waals surface area contributed by atoms with Crippen LogP contribution in [0, 0.1) is 11.8 Å². The van der Waals surface area contributed by atoms with Crippen molar-refractivity contribution in [1.29, 1.82) is 0 Å². The molecule has 0 saturated heterocycles. The second kappa shape index (κ2) is 8.67. The fourth-order valence-electron chi connectivity index (χ4n) is 2.07. The zero-order valence-corrected chi connectivity index (χ0v) is 13.6. The van der Waals surface area contributed by atoms with E-state index in [0.29, 0.717) is 6.54 Å². The van der Waals surface area contributed by atoms with Crippen LogP contribution >= 0.6 is 11.3 Å². The highest BCUT2D eigenvalue weighted by Crippen LogP contribution is 2.25. The Hall–Kier alpha value is -1.56. The molecule has 1 heterocycles. The molecule has 1 aromatic heterocycles. The predicted molar refractivity (Wildman–Crippen MR) is 84.5 cm³/mol. The number of thiophene rings is 1. The smallest absolute Gasteiger partial charge is 0.315 e. The van der Waals surface area contributed by atoms with Crippen LogP contribution in [0.2, 0.25) is 0 Å². The van der Waals surface area contributed by atoms with Crippen molar-refractivity contribution in [3.63, 3.8) is 0 Å². The molecule has 5 nitrogen and oxygen atoms in total. The summed E-state index contributed by atoms with van der Waals surface area (Å²) in [6.45, 7) is 6.42. The largest absolute Gasteiger partial charge is 0.481 e. The van der Waals surface area contributed by atoms with Crippen molar-refractivity contribution in [2.24, 2.45) is 11.8 Å². The van der Waals surface area contributed by atoms with Gasteiger partial charge >= 0.3 is 12.0 Å². The Balaban J connectivity index is 2.49. The number of rotatable bonds is 8. The van der Waals surface area contributed by atoms with E-state index in [0.717, 1.165) is 11.3 Å². The summed E-state index contributed by atoms with van der Waals surface area (Å²) in [6, 6.07) is 3.71. The SMILES string of the molecule is CCC(CNC(=O)NC(c1cccs1)C(C)C)CC(=O)O. The zero-order chi connectivity index (χ0) is 15.8. The molecule has 0 aliphatic heterocycles. The topological polar surface area (TPSA) is 78.4 Å². The first-order valence-electron chi connectivity index (χ1n) is 7.23. The van der Waals surface area contributed by atoms with Gasteiger partial charge in [-0.2, -0.15) is 0 Å². The van der Waals surface area contributed by atoms with Crippen molar-refractivity contribution in [3.05, 3.63) is 22.4 Å². The maximum Gasteiger partial charge on any atom is 0.315 e. The quantitative estimate of drug-likeness (QED) is 0.689. The summed E-state index contributed by atoms with van der Waals surface area (Å²) < 4.78 is 0. The highest BCUT2D eigenvalue weighted by molar-refractivity contribution is 7.10. The minimum atomic E-state index is -0.831. The average Bonchev–Trinajstić information content (AvgIpc) is 2.93. The van der Waals surface area contributed by atoms with Crippen LogP contribution in [0.3, 0.4) is 0 Å². The fraction of sp³-hybridized carbons (Fsp3) is 0.600. The number of aliphatic carboxylic acids is 1. The number of amides is 2. The van der Waals surface area contributed by atoms with Gasteiger partial charge in [-0.05, 0) is 23.3 Å². The second-order valence-electron chi connectivity index (χ2n) is 5.46. The molecule has 0 spiro atoms. The lowest BCUT2D eigenvalue weighted by Gasteiger charge is -2.22. The lowest BCUT2D eigenvalue weighted by molar-refractivity contribution is -0.138. The number of carboxylic acids is 1. The van der Waals surface area contributed by atoms with Gasteiger partial charge in [-0.25, -0.2) is 4.79 Å². The van der Waals surface area contributed by atoms with Crippen molar-refractivity contribution in [2.45, 2.75) is 39.7 Å². The highest BCUT2D eigenvalue weighted by atomic mass is 32.1. The van der Waals surface area contributed by atoms with E-state index in [2.05, 4.69) is 24.5 Å². The fourth-order valence-corrected chi connectivity index (χ4v) is 3.02. The third kappa shape index (κ3) is 6.16. The second-order valence-corrected chi connectivity index (χ2v) is 6.44. The van der Waals surface area contributed by atoms with Gasteiger partial charge in [-0.3, -0.25) is 4.79 Å². The number of urea groups is 1. The highest BCUT2D eigenvalue weighted by Gasteiger charge is 2.20. The number of nitrogens with one attached hydrogen (secondary N) is 2. The van der Waals surface area contributed by atoms with Crippen LogP contribution < -0.4 is 10.6 Å². The number of hydrogen-bond acceptors (Lipinski definition) is 3. The molecule has 2 atom stereocenters. The monoisotopic (exact) mass is 312 g/mol. The number of carbonyl (C=O) groups is 2. The maximum absolute atomic E-state index is 12.0. The van der Waals surface area contributed by atoms with Crippen LogP contribution in [0.4, 0.5) is 4.79 Å². The maximum atomic E-state index is 12.0. The van der Waals surface area contributed by atoms with E-state index in [1.807, 2.05) is 24.4 Å². The molecule has 0 aromatic carbocycles. The van der Waals surface area contributed by atoms with E-state index in [4.69, 9.17) is 5.11 Å². The Labute approximate surface area is 129 Å². The van der Waals surface area contributed by atoms with E-state index in [-0.39, 0.29) is 30.3 Å². The molecule has 3 N–H and O–H groups in total. The zero-order valence-electron chi connectivity index (χ0n) is 12.8. The third-order valence-corrected chi connectivity index (χ3v) is 4.35. The van der Waals surface area contributed by atoms with Crippen molar-refractivity contribution in [1.82, 2.24) is 10.6 Å². The molecule has 0 fully saturated rings. The first-order chi connectivity index (χ1) is 9.93. The van der Waals surface area contributed by atoms with Gasteiger partial charge in [0, 0.05) is 17.8 Å². The Kier molecular flexibility index (Phi) is 7.22. The van der Waals surface area contributed by atoms with Gasteiger partial charge in [-0.1, -0.05) is 33.3 Å². The minimum absolute atomic E-state index is 0.0236. The summed E-state index contributed by atoms with van der Waals surface area (Å²) in [5.41, 5.74) is 0. The van der Waals surface area contributed by atoms with E-state index in [1.54, 1.807) is 11.3 Å². The minimum Gasteiger partial charge on any atom is -0.481 e. The van der Waals surface area contributed by atoms with E-state index in [9.17, 15) is 9.59 Å². The average molecular weight is 312 g/mol. The van der Waals surface area contributed by atoms with Crippen LogP contribution in [0.25, 0.3) is 0 Å². The molecule has 1 rings (SSSR count). The van der Waals surface area contributed by atoms with Gasteiger partial charge in [-0.15, -0.1) is 11.3 Å². The van der Waals surface area contributed by atoms with Crippen molar-refractivity contribution >= 4 is 23.3 Å². The summed E-state index contributed by atoms with van der Waals surface area (Å²) in [5.74, 6) is -0.578. The molecule has 1 aromatic rings. The van der Waals surface area contributed by atoms with Crippen LogP contribution in [-0.4, -0.2) is 23.7 Å². The molecule has 0 aliphatic rings. The molecular formula is C15H24N2O3S. The molecule has 0 aliphatic carbocycles. The summed E-state index contributed by atoms with van der Waals surface area (Å²) >= 11 is 1.62. The number of hydrogen-bond donors (Lipinski definition) is 3. The lowest BCUT2D eigenvalue weighted by Crippen LogP contribution is -2.41. The molecule has 0 radical (unpaired) electrons. The van der Waals surface area contributed by atoms with Gasteiger partial charge in [0.15, 0.2) is 0 Å². The van der Waals surface area contributed by atoms with E-state index in [1.165, 1.54) is 0 Å². The van der Waals surface area contributed by atoms with Crippen LogP contribution in [0.1, 0.15) is 44.5 Å². The molecular weight excluding hydrogens is 288 g/mol. The molecule has 21 heavy (non-hydrogen) atoms. The Bertz CT molecular complexity index is 446. The van der Waals surface area contributed by atoms with Crippen molar-refractivity contribution in [3.8, 4) is 0 Å². The normalized spacial score (nSPS) is 13.7. The Morgan fingerprint density at radius 2 is 2.10 bits per heavy atom.